The molecule has 0 aliphatic heterocycles. The van der Waals surface area contributed by atoms with Gasteiger partial charge >= 0.3 is 0 Å². The molecule has 0 saturated heterocycles. The number of aliphatic hydroxyl groups is 2. The molecule has 1 aliphatic rings. The van der Waals surface area contributed by atoms with Gasteiger partial charge in [0.1, 0.15) is 0 Å². The van der Waals surface area contributed by atoms with E-state index in [1.807, 2.05) is 6.92 Å². The first-order chi connectivity index (χ1) is 6.44. The topological polar surface area (TPSA) is 40.5 Å². The van der Waals surface area contributed by atoms with E-state index < -0.39 is 5.60 Å². The molecular weight excluding hydrogens is 176 g/mol. The van der Waals surface area contributed by atoms with E-state index in [1.54, 1.807) is 0 Å². The van der Waals surface area contributed by atoms with Gasteiger partial charge < -0.3 is 10.2 Å². The van der Waals surface area contributed by atoms with Crippen LogP contribution in [-0.4, -0.2) is 21.9 Å². The number of rotatable bonds is 4. The van der Waals surface area contributed by atoms with Crippen molar-refractivity contribution in [3.05, 3.63) is 0 Å². The summed E-state index contributed by atoms with van der Waals surface area (Å²) in [4.78, 5) is 0. The van der Waals surface area contributed by atoms with E-state index in [-0.39, 0.29) is 12.0 Å². The Labute approximate surface area is 87.3 Å². The Morgan fingerprint density at radius 3 is 2.00 bits per heavy atom. The van der Waals surface area contributed by atoms with Gasteiger partial charge in [0.25, 0.3) is 0 Å². The van der Waals surface area contributed by atoms with Crippen LogP contribution in [0.15, 0.2) is 0 Å². The van der Waals surface area contributed by atoms with E-state index in [0.717, 1.165) is 32.1 Å². The van der Waals surface area contributed by atoms with Gasteiger partial charge in [-0.25, -0.2) is 0 Å². The molecule has 1 rings (SSSR count). The maximum Gasteiger partial charge on any atom is 0.0651 e. The predicted molar refractivity (Wildman–Crippen MR) is 58.0 cm³/mol. The normalized spacial score (nSPS) is 25.3. The van der Waals surface area contributed by atoms with Crippen molar-refractivity contribution in [3.63, 3.8) is 0 Å². The molecule has 1 saturated carbocycles. The third kappa shape index (κ3) is 2.96. The second-order valence-corrected chi connectivity index (χ2v) is 5.28. The zero-order valence-corrected chi connectivity index (χ0v) is 9.66. The molecule has 84 valence electrons. The molecule has 0 aromatic carbocycles. The SMILES string of the molecule is CC(C)C(CC1(O)CCCC1)C(C)O. The largest absolute Gasteiger partial charge is 0.393 e. The van der Waals surface area contributed by atoms with Crippen LogP contribution >= 0.6 is 0 Å². The van der Waals surface area contributed by atoms with E-state index in [1.165, 1.54) is 0 Å². The quantitative estimate of drug-likeness (QED) is 0.731. The van der Waals surface area contributed by atoms with Crippen LogP contribution in [0.25, 0.3) is 0 Å². The predicted octanol–water partition coefficient (Wildman–Crippen LogP) is 2.33. The first-order valence-electron chi connectivity index (χ1n) is 5.85. The summed E-state index contributed by atoms with van der Waals surface area (Å²) in [6, 6.07) is 0. The van der Waals surface area contributed by atoms with Crippen molar-refractivity contribution >= 4 is 0 Å². The molecule has 0 bridgehead atoms. The van der Waals surface area contributed by atoms with Gasteiger partial charge in [0.15, 0.2) is 0 Å². The summed E-state index contributed by atoms with van der Waals surface area (Å²) in [5.74, 6) is 0.678. The van der Waals surface area contributed by atoms with E-state index >= 15 is 0 Å². The minimum atomic E-state index is -0.480. The highest BCUT2D eigenvalue weighted by Crippen LogP contribution is 2.37. The van der Waals surface area contributed by atoms with E-state index in [0.29, 0.717) is 5.92 Å². The second kappa shape index (κ2) is 4.63. The summed E-state index contributed by atoms with van der Waals surface area (Å²) in [5.41, 5.74) is -0.480. The van der Waals surface area contributed by atoms with Crippen LogP contribution in [-0.2, 0) is 0 Å². The van der Waals surface area contributed by atoms with Gasteiger partial charge in [-0.2, -0.15) is 0 Å². The first kappa shape index (κ1) is 12.0. The molecule has 2 nitrogen and oxygen atoms in total. The van der Waals surface area contributed by atoms with Gasteiger partial charge in [0.2, 0.25) is 0 Å². The maximum absolute atomic E-state index is 10.2. The minimum Gasteiger partial charge on any atom is -0.393 e. The highest BCUT2D eigenvalue weighted by atomic mass is 16.3. The summed E-state index contributed by atoms with van der Waals surface area (Å²) in [6.07, 6.45) is 4.58. The second-order valence-electron chi connectivity index (χ2n) is 5.28. The summed E-state index contributed by atoms with van der Waals surface area (Å²) in [7, 11) is 0. The third-order valence-electron chi connectivity index (χ3n) is 3.63. The molecule has 0 amide bonds. The lowest BCUT2D eigenvalue weighted by molar-refractivity contribution is -0.0160. The van der Waals surface area contributed by atoms with Crippen LogP contribution < -0.4 is 0 Å². The Morgan fingerprint density at radius 2 is 1.64 bits per heavy atom. The minimum absolute atomic E-state index is 0.234. The average Bonchev–Trinajstić information content (AvgIpc) is 2.48. The highest BCUT2D eigenvalue weighted by molar-refractivity contribution is 4.88. The molecule has 0 heterocycles. The number of hydrogen-bond donors (Lipinski definition) is 2. The Morgan fingerprint density at radius 1 is 1.14 bits per heavy atom. The number of aliphatic hydroxyl groups excluding tert-OH is 1. The fourth-order valence-electron chi connectivity index (χ4n) is 2.64. The van der Waals surface area contributed by atoms with Gasteiger partial charge in [-0.3, -0.25) is 0 Å². The van der Waals surface area contributed by atoms with Gasteiger partial charge in [0, 0.05) is 0 Å². The Bertz CT molecular complexity index is 161. The van der Waals surface area contributed by atoms with E-state index in [4.69, 9.17) is 0 Å². The van der Waals surface area contributed by atoms with Crippen molar-refractivity contribution in [1.29, 1.82) is 0 Å². The molecule has 14 heavy (non-hydrogen) atoms. The molecule has 0 spiro atoms. The monoisotopic (exact) mass is 200 g/mol. The smallest absolute Gasteiger partial charge is 0.0651 e. The van der Waals surface area contributed by atoms with E-state index in [2.05, 4.69) is 13.8 Å². The summed E-state index contributed by atoms with van der Waals surface area (Å²) in [5, 5.41) is 19.9. The molecule has 2 atom stereocenters. The third-order valence-corrected chi connectivity index (χ3v) is 3.63. The van der Waals surface area contributed by atoms with Crippen molar-refractivity contribution in [2.24, 2.45) is 11.8 Å². The van der Waals surface area contributed by atoms with Crippen LogP contribution in [0.3, 0.4) is 0 Å². The van der Waals surface area contributed by atoms with Gasteiger partial charge in [-0.15, -0.1) is 0 Å². The Balaban J connectivity index is 2.54. The maximum atomic E-state index is 10.2. The Hall–Kier alpha value is -0.0800. The van der Waals surface area contributed by atoms with Crippen molar-refractivity contribution in [2.75, 3.05) is 0 Å². The zero-order chi connectivity index (χ0) is 10.8. The molecule has 1 fully saturated rings. The van der Waals surface area contributed by atoms with Crippen molar-refractivity contribution in [1.82, 2.24) is 0 Å². The molecule has 0 aromatic heterocycles. The summed E-state index contributed by atoms with van der Waals surface area (Å²) < 4.78 is 0. The number of hydrogen-bond acceptors (Lipinski definition) is 2. The molecule has 2 N–H and O–H groups in total. The van der Waals surface area contributed by atoms with Crippen LogP contribution in [0.1, 0.15) is 52.9 Å². The summed E-state index contributed by atoms with van der Waals surface area (Å²) >= 11 is 0. The van der Waals surface area contributed by atoms with Crippen LogP contribution in [0, 0.1) is 11.8 Å². The lowest BCUT2D eigenvalue weighted by Gasteiger charge is -2.32. The van der Waals surface area contributed by atoms with Crippen LogP contribution in [0.2, 0.25) is 0 Å². The zero-order valence-electron chi connectivity index (χ0n) is 9.66. The molecule has 2 heteroatoms. The molecule has 2 unspecified atom stereocenters. The first-order valence-corrected chi connectivity index (χ1v) is 5.85. The molecule has 0 radical (unpaired) electrons. The van der Waals surface area contributed by atoms with Crippen molar-refractivity contribution in [3.8, 4) is 0 Å². The Kier molecular flexibility index (Phi) is 3.96. The van der Waals surface area contributed by atoms with Crippen molar-refractivity contribution in [2.45, 2.75) is 64.6 Å². The molecule has 1 aliphatic carbocycles. The van der Waals surface area contributed by atoms with E-state index in [9.17, 15) is 10.2 Å². The standard InChI is InChI=1S/C12H24O2/c1-9(2)11(10(3)13)8-12(14)6-4-5-7-12/h9-11,13-14H,4-8H2,1-3H3. The van der Waals surface area contributed by atoms with Crippen LogP contribution in [0.5, 0.6) is 0 Å². The van der Waals surface area contributed by atoms with Gasteiger partial charge in [-0.1, -0.05) is 26.7 Å². The summed E-state index contributed by atoms with van der Waals surface area (Å²) in [6.45, 7) is 6.08. The van der Waals surface area contributed by atoms with Crippen LogP contribution in [0.4, 0.5) is 0 Å². The average molecular weight is 200 g/mol. The van der Waals surface area contributed by atoms with Gasteiger partial charge in [-0.05, 0) is 38.0 Å². The fourth-order valence-corrected chi connectivity index (χ4v) is 2.64. The highest BCUT2D eigenvalue weighted by Gasteiger charge is 2.35. The van der Waals surface area contributed by atoms with Gasteiger partial charge in [0.05, 0.1) is 11.7 Å². The van der Waals surface area contributed by atoms with Crippen molar-refractivity contribution < 1.29 is 10.2 Å². The molecule has 0 aromatic rings. The molecular formula is C12H24O2. The fraction of sp³-hybridized carbons (Fsp3) is 1.00. The lowest BCUT2D eigenvalue weighted by atomic mass is 9.80. The lowest BCUT2D eigenvalue weighted by Crippen LogP contribution is -2.34.